The van der Waals surface area contributed by atoms with Crippen LogP contribution in [0.15, 0.2) is 60.7 Å². The fourth-order valence-corrected chi connectivity index (χ4v) is 3.07. The number of anilines is 1. The van der Waals surface area contributed by atoms with Crippen LogP contribution in [0.2, 0.25) is 5.02 Å². The van der Waals surface area contributed by atoms with Crippen LogP contribution in [-0.2, 0) is 0 Å². The normalized spacial score (nSPS) is 10.3. The van der Waals surface area contributed by atoms with E-state index in [-0.39, 0.29) is 39.4 Å². The average molecular weight is 470 g/mol. The van der Waals surface area contributed by atoms with Gasteiger partial charge in [-0.3, -0.25) is 19.7 Å². The minimum atomic E-state index is -0.605. The summed E-state index contributed by atoms with van der Waals surface area (Å²) in [6.45, 7) is 2.35. The van der Waals surface area contributed by atoms with E-state index in [1.165, 1.54) is 43.5 Å². The fourth-order valence-electron chi connectivity index (χ4n) is 2.90. The summed E-state index contributed by atoms with van der Waals surface area (Å²) in [5.74, 6) is -0.240. The van der Waals surface area contributed by atoms with E-state index in [2.05, 4.69) is 10.6 Å². The summed E-state index contributed by atoms with van der Waals surface area (Å²) in [6.07, 6.45) is 0. The van der Waals surface area contributed by atoms with E-state index in [4.69, 9.17) is 21.1 Å². The number of benzene rings is 3. The largest absolute Gasteiger partial charge is 0.493 e. The molecule has 10 heteroatoms. The number of halogens is 1. The van der Waals surface area contributed by atoms with Gasteiger partial charge in [-0.15, -0.1) is 0 Å². The molecular weight excluding hydrogens is 450 g/mol. The van der Waals surface area contributed by atoms with Crippen molar-refractivity contribution in [2.24, 2.45) is 0 Å². The minimum Gasteiger partial charge on any atom is -0.493 e. The van der Waals surface area contributed by atoms with Crippen molar-refractivity contribution >= 4 is 34.8 Å². The molecule has 0 heterocycles. The van der Waals surface area contributed by atoms with Crippen LogP contribution in [0.25, 0.3) is 0 Å². The molecule has 0 aromatic heterocycles. The van der Waals surface area contributed by atoms with Crippen molar-refractivity contribution in [3.8, 4) is 17.2 Å². The molecule has 3 aromatic carbocycles. The highest BCUT2D eigenvalue weighted by molar-refractivity contribution is 6.30. The van der Waals surface area contributed by atoms with Gasteiger partial charge in [0.15, 0.2) is 11.5 Å². The van der Waals surface area contributed by atoms with Crippen LogP contribution in [0.3, 0.4) is 0 Å². The molecular formula is C23H20ClN3O6. The molecule has 2 N–H and O–H groups in total. The predicted molar refractivity (Wildman–Crippen MR) is 124 cm³/mol. The van der Waals surface area contributed by atoms with Gasteiger partial charge in [0.1, 0.15) is 0 Å². The summed E-state index contributed by atoms with van der Waals surface area (Å²) >= 11 is 5.83. The molecule has 0 fully saturated rings. The monoisotopic (exact) mass is 469 g/mol. The highest BCUT2D eigenvalue weighted by Gasteiger charge is 2.19. The zero-order valence-corrected chi connectivity index (χ0v) is 18.5. The number of nitro benzene ring substituents is 1. The van der Waals surface area contributed by atoms with Crippen LogP contribution in [0, 0.1) is 10.1 Å². The molecule has 2 amide bonds. The summed E-state index contributed by atoms with van der Waals surface area (Å²) in [4.78, 5) is 35.2. The molecule has 0 unspecified atom stereocenters. The van der Waals surface area contributed by atoms with Crippen LogP contribution in [0.5, 0.6) is 17.2 Å². The van der Waals surface area contributed by atoms with Crippen molar-refractivity contribution in [2.45, 2.75) is 6.92 Å². The van der Waals surface area contributed by atoms with E-state index in [0.717, 1.165) is 0 Å². The lowest BCUT2D eigenvalue weighted by Gasteiger charge is -2.12. The second-order valence-electron chi connectivity index (χ2n) is 6.73. The van der Waals surface area contributed by atoms with Crippen LogP contribution < -0.4 is 20.1 Å². The molecule has 0 radical (unpaired) electrons. The summed E-state index contributed by atoms with van der Waals surface area (Å²) in [7, 11) is 1.39. The Morgan fingerprint density at radius 3 is 2.24 bits per heavy atom. The number of hydrogen-bond acceptors (Lipinski definition) is 6. The smallest absolute Gasteiger partial charge is 0.313 e. The third kappa shape index (κ3) is 5.78. The first-order valence-corrected chi connectivity index (χ1v) is 10.2. The van der Waals surface area contributed by atoms with Gasteiger partial charge >= 0.3 is 5.69 Å². The van der Waals surface area contributed by atoms with E-state index in [0.29, 0.717) is 17.8 Å². The van der Waals surface area contributed by atoms with Crippen molar-refractivity contribution in [3.63, 3.8) is 0 Å². The maximum Gasteiger partial charge on any atom is 0.313 e. The number of carbonyl (C=O) groups excluding carboxylic acids is 2. The molecule has 3 aromatic rings. The van der Waals surface area contributed by atoms with Gasteiger partial charge in [0.2, 0.25) is 5.75 Å². The molecule has 170 valence electrons. The number of hydrogen-bond donors (Lipinski definition) is 2. The molecule has 0 saturated carbocycles. The lowest BCUT2D eigenvalue weighted by Crippen LogP contribution is -2.22. The number of carbonyl (C=O) groups is 2. The third-order valence-corrected chi connectivity index (χ3v) is 4.74. The SMILES string of the molecule is CCNC(=O)c1ccc(NC(=O)c2ccc(Oc3ccc(Cl)cc3[N+](=O)[O-])c(OC)c2)cc1. The molecule has 0 aliphatic carbocycles. The fraction of sp³-hybridized carbons (Fsp3) is 0.130. The summed E-state index contributed by atoms with van der Waals surface area (Å²) < 4.78 is 11.0. The number of nitrogens with zero attached hydrogens (tertiary/aromatic N) is 1. The molecule has 3 rings (SSSR count). The van der Waals surface area contributed by atoms with Crippen molar-refractivity contribution in [2.75, 3.05) is 19.0 Å². The lowest BCUT2D eigenvalue weighted by molar-refractivity contribution is -0.385. The first-order chi connectivity index (χ1) is 15.8. The maximum absolute atomic E-state index is 12.7. The maximum atomic E-state index is 12.7. The molecule has 9 nitrogen and oxygen atoms in total. The zero-order chi connectivity index (χ0) is 24.0. The molecule has 0 aliphatic rings. The number of methoxy groups -OCH3 is 1. The predicted octanol–water partition coefficient (Wildman–Crippen LogP) is 5.05. The quantitative estimate of drug-likeness (QED) is 0.352. The number of ether oxygens (including phenoxy) is 2. The van der Waals surface area contributed by atoms with Crippen molar-refractivity contribution in [1.82, 2.24) is 5.32 Å². The van der Waals surface area contributed by atoms with Crippen molar-refractivity contribution < 1.29 is 24.0 Å². The van der Waals surface area contributed by atoms with E-state index in [1.807, 2.05) is 6.92 Å². The van der Waals surface area contributed by atoms with Gasteiger partial charge in [0, 0.05) is 34.4 Å². The summed E-state index contributed by atoms with van der Waals surface area (Å²) in [5.41, 5.74) is 0.957. The highest BCUT2D eigenvalue weighted by Crippen LogP contribution is 2.38. The van der Waals surface area contributed by atoms with E-state index in [1.54, 1.807) is 24.3 Å². The van der Waals surface area contributed by atoms with Crippen LogP contribution in [0.4, 0.5) is 11.4 Å². The number of nitrogens with one attached hydrogen (secondary N) is 2. The van der Waals surface area contributed by atoms with Crippen LogP contribution in [0.1, 0.15) is 27.6 Å². The lowest BCUT2D eigenvalue weighted by atomic mass is 10.1. The van der Waals surface area contributed by atoms with Crippen LogP contribution >= 0.6 is 11.6 Å². The summed E-state index contributed by atoms with van der Waals surface area (Å²) in [6, 6.07) is 14.9. The first kappa shape index (κ1) is 23.6. The Bertz CT molecular complexity index is 1200. The van der Waals surface area contributed by atoms with E-state index >= 15 is 0 Å². The second-order valence-corrected chi connectivity index (χ2v) is 7.16. The van der Waals surface area contributed by atoms with Gasteiger partial charge in [-0.25, -0.2) is 0 Å². The van der Waals surface area contributed by atoms with Crippen molar-refractivity contribution in [1.29, 1.82) is 0 Å². The second kappa shape index (κ2) is 10.5. The Labute approximate surface area is 194 Å². The molecule has 0 atom stereocenters. The molecule has 33 heavy (non-hydrogen) atoms. The molecule has 0 bridgehead atoms. The molecule has 0 spiro atoms. The summed E-state index contributed by atoms with van der Waals surface area (Å²) in [5, 5.41) is 16.9. The van der Waals surface area contributed by atoms with Gasteiger partial charge in [-0.1, -0.05) is 11.6 Å². The molecule has 0 aliphatic heterocycles. The third-order valence-electron chi connectivity index (χ3n) is 4.51. The van der Waals surface area contributed by atoms with Gasteiger partial charge in [0.05, 0.1) is 12.0 Å². The highest BCUT2D eigenvalue weighted by atomic mass is 35.5. The number of rotatable bonds is 8. The Kier molecular flexibility index (Phi) is 7.47. The van der Waals surface area contributed by atoms with Gasteiger partial charge in [-0.05, 0) is 61.5 Å². The number of nitro groups is 1. The van der Waals surface area contributed by atoms with Gasteiger partial charge < -0.3 is 20.1 Å². The number of amides is 2. The Hall–Kier alpha value is -4.11. The average Bonchev–Trinajstić information content (AvgIpc) is 2.80. The van der Waals surface area contributed by atoms with Gasteiger partial charge in [-0.2, -0.15) is 0 Å². The standard InChI is InChI=1S/C23H20ClN3O6/c1-3-25-22(28)14-4-8-17(9-5-14)26-23(29)15-6-10-20(21(12-15)32-2)33-19-11-7-16(24)13-18(19)27(30)31/h4-13H,3H2,1-2H3,(H,25,28)(H,26,29). The van der Waals surface area contributed by atoms with E-state index < -0.39 is 10.8 Å². The Morgan fingerprint density at radius 2 is 1.61 bits per heavy atom. The van der Waals surface area contributed by atoms with E-state index in [9.17, 15) is 19.7 Å². The van der Waals surface area contributed by atoms with Crippen LogP contribution in [-0.4, -0.2) is 30.4 Å². The topological polar surface area (TPSA) is 120 Å². The Balaban J connectivity index is 1.77. The van der Waals surface area contributed by atoms with Crippen molar-refractivity contribution in [3.05, 3.63) is 86.9 Å². The zero-order valence-electron chi connectivity index (χ0n) is 17.8. The Morgan fingerprint density at radius 1 is 0.939 bits per heavy atom. The molecule has 0 saturated heterocycles. The first-order valence-electron chi connectivity index (χ1n) is 9.81. The minimum absolute atomic E-state index is 0.0212. The van der Waals surface area contributed by atoms with Gasteiger partial charge in [0.25, 0.3) is 11.8 Å².